The molecule has 2 aromatic heterocycles. The molecule has 1 amide bonds. The number of hydrogen-bond donors (Lipinski definition) is 2. The molecule has 4 rings (SSSR count). The Hall–Kier alpha value is -3.46. The normalized spacial score (nSPS) is 10.9. The van der Waals surface area contributed by atoms with E-state index in [4.69, 9.17) is 0 Å². The number of fused-ring (bicyclic) bond motifs is 3. The molecule has 0 radical (unpaired) electrons. The van der Waals surface area contributed by atoms with Crippen LogP contribution in [0.4, 0.5) is 0 Å². The summed E-state index contributed by atoms with van der Waals surface area (Å²) in [6, 6.07) is 14.7. The van der Waals surface area contributed by atoms with Crippen LogP contribution in [0.2, 0.25) is 0 Å². The lowest BCUT2D eigenvalue weighted by molar-refractivity contribution is -0.118. The summed E-state index contributed by atoms with van der Waals surface area (Å²) in [6.07, 6.45) is 0. The van der Waals surface area contributed by atoms with E-state index < -0.39 is 5.97 Å². The lowest BCUT2D eigenvalue weighted by Gasteiger charge is -2.06. The molecule has 0 unspecified atom stereocenters. The molecule has 2 heterocycles. The number of methoxy groups -OCH3 is 1. The average molecular weight is 407 g/mol. The van der Waals surface area contributed by atoms with Gasteiger partial charge in [-0.05, 0) is 23.8 Å². The molecule has 4 aromatic rings. The Morgan fingerprint density at radius 2 is 1.90 bits per heavy atom. The Labute approximate surface area is 170 Å². The van der Waals surface area contributed by atoms with Crippen LogP contribution in [0.15, 0.2) is 53.7 Å². The highest BCUT2D eigenvalue weighted by Crippen LogP contribution is 2.23. The van der Waals surface area contributed by atoms with Crippen LogP contribution in [0, 0.1) is 0 Å². The first kappa shape index (κ1) is 18.9. The van der Waals surface area contributed by atoms with Gasteiger partial charge in [-0.2, -0.15) is 0 Å². The minimum atomic E-state index is -0.391. The summed E-state index contributed by atoms with van der Waals surface area (Å²) in [5.41, 5.74) is 3.66. The van der Waals surface area contributed by atoms with Crippen LogP contribution in [-0.2, 0) is 16.1 Å². The van der Waals surface area contributed by atoms with Crippen molar-refractivity contribution in [1.29, 1.82) is 0 Å². The van der Waals surface area contributed by atoms with E-state index in [9.17, 15) is 9.59 Å². The molecule has 0 saturated carbocycles. The van der Waals surface area contributed by atoms with E-state index in [1.165, 1.54) is 18.9 Å². The maximum Gasteiger partial charge on any atom is 0.337 e. The molecule has 0 aliphatic heterocycles. The quantitative estimate of drug-likeness (QED) is 0.373. The van der Waals surface area contributed by atoms with E-state index in [1.807, 2.05) is 24.3 Å². The first-order valence-electron chi connectivity index (χ1n) is 8.82. The number of carbonyl (C=O) groups excluding carboxylic acids is 2. The molecular formula is C20H17N5O3S. The zero-order chi connectivity index (χ0) is 20.2. The third-order valence-corrected chi connectivity index (χ3v) is 5.14. The van der Waals surface area contributed by atoms with Crippen LogP contribution in [0.5, 0.6) is 0 Å². The molecule has 0 aliphatic carbocycles. The van der Waals surface area contributed by atoms with Gasteiger partial charge in [-0.1, -0.05) is 42.1 Å². The molecule has 8 nitrogen and oxygen atoms in total. The van der Waals surface area contributed by atoms with E-state index in [-0.39, 0.29) is 11.7 Å². The maximum absolute atomic E-state index is 12.1. The fourth-order valence-corrected chi connectivity index (χ4v) is 3.44. The number of nitrogens with zero attached hydrogens (tertiary/aromatic N) is 3. The van der Waals surface area contributed by atoms with Crippen molar-refractivity contribution in [3.63, 3.8) is 0 Å². The molecule has 0 saturated heterocycles. The average Bonchev–Trinajstić information content (AvgIpc) is 3.14. The minimum Gasteiger partial charge on any atom is -0.465 e. The Kier molecular flexibility index (Phi) is 5.39. The van der Waals surface area contributed by atoms with E-state index >= 15 is 0 Å². The predicted molar refractivity (Wildman–Crippen MR) is 110 cm³/mol. The second kappa shape index (κ2) is 8.27. The van der Waals surface area contributed by atoms with Crippen molar-refractivity contribution in [2.24, 2.45) is 0 Å². The van der Waals surface area contributed by atoms with E-state index in [0.717, 1.165) is 16.5 Å². The van der Waals surface area contributed by atoms with Crippen molar-refractivity contribution >= 4 is 45.7 Å². The zero-order valence-electron chi connectivity index (χ0n) is 15.5. The van der Waals surface area contributed by atoms with Gasteiger partial charge in [0.2, 0.25) is 11.1 Å². The number of thioether (sulfide) groups is 1. The van der Waals surface area contributed by atoms with Gasteiger partial charge in [0.15, 0.2) is 5.65 Å². The van der Waals surface area contributed by atoms with Crippen LogP contribution >= 0.6 is 11.8 Å². The highest BCUT2D eigenvalue weighted by molar-refractivity contribution is 7.99. The standard InChI is InChI=1S/C20H17N5O3S/c1-28-19(27)13-8-6-12(7-9-13)10-21-16(26)11-29-20-23-18-17(24-25-20)14-4-2-3-5-15(14)22-18/h2-9H,10-11H2,1H3,(H,21,26)(H,22,23,25). The fraction of sp³-hybridized carbons (Fsp3) is 0.150. The van der Waals surface area contributed by atoms with Gasteiger partial charge in [0, 0.05) is 17.4 Å². The van der Waals surface area contributed by atoms with Crippen LogP contribution in [0.3, 0.4) is 0 Å². The molecule has 0 spiro atoms. The van der Waals surface area contributed by atoms with E-state index in [1.54, 1.807) is 24.3 Å². The van der Waals surface area contributed by atoms with Crippen LogP contribution in [0.1, 0.15) is 15.9 Å². The third-order valence-electron chi connectivity index (χ3n) is 4.30. The summed E-state index contributed by atoms with van der Waals surface area (Å²) in [5, 5.41) is 12.6. The lowest BCUT2D eigenvalue weighted by atomic mass is 10.1. The summed E-state index contributed by atoms with van der Waals surface area (Å²) < 4.78 is 4.66. The molecule has 0 aliphatic rings. The first-order chi connectivity index (χ1) is 14.1. The molecule has 2 aromatic carbocycles. The summed E-state index contributed by atoms with van der Waals surface area (Å²) in [7, 11) is 1.34. The Bertz CT molecular complexity index is 1190. The van der Waals surface area contributed by atoms with Gasteiger partial charge in [-0.15, -0.1) is 10.2 Å². The number of esters is 1. The monoisotopic (exact) mass is 407 g/mol. The van der Waals surface area contributed by atoms with Crippen molar-refractivity contribution in [2.45, 2.75) is 11.7 Å². The smallest absolute Gasteiger partial charge is 0.337 e. The molecule has 2 N–H and O–H groups in total. The van der Waals surface area contributed by atoms with Crippen molar-refractivity contribution in [1.82, 2.24) is 25.5 Å². The van der Waals surface area contributed by atoms with Crippen LogP contribution in [0.25, 0.3) is 22.1 Å². The number of aromatic amines is 1. The van der Waals surface area contributed by atoms with Crippen molar-refractivity contribution < 1.29 is 14.3 Å². The first-order valence-corrected chi connectivity index (χ1v) is 9.80. The highest BCUT2D eigenvalue weighted by atomic mass is 32.2. The molecular weight excluding hydrogens is 390 g/mol. The number of rotatable bonds is 6. The summed E-state index contributed by atoms with van der Waals surface area (Å²) in [6.45, 7) is 0.362. The molecule has 146 valence electrons. The van der Waals surface area contributed by atoms with Crippen molar-refractivity contribution in [3.05, 3.63) is 59.7 Å². The topological polar surface area (TPSA) is 110 Å². The number of benzene rings is 2. The molecule has 0 bridgehead atoms. The summed E-state index contributed by atoms with van der Waals surface area (Å²) in [5.74, 6) is -0.363. The van der Waals surface area contributed by atoms with Crippen LogP contribution < -0.4 is 5.32 Å². The summed E-state index contributed by atoms with van der Waals surface area (Å²) in [4.78, 5) is 31.2. The number of para-hydroxylation sites is 1. The van der Waals surface area contributed by atoms with E-state index in [0.29, 0.717) is 28.4 Å². The second-order valence-corrected chi connectivity index (χ2v) is 7.16. The Morgan fingerprint density at radius 3 is 2.69 bits per heavy atom. The number of amides is 1. The number of ether oxygens (including phenoxy) is 1. The molecule has 0 fully saturated rings. The van der Waals surface area contributed by atoms with Gasteiger partial charge >= 0.3 is 5.97 Å². The molecule has 29 heavy (non-hydrogen) atoms. The van der Waals surface area contributed by atoms with Gasteiger partial charge in [0.25, 0.3) is 0 Å². The van der Waals surface area contributed by atoms with Gasteiger partial charge in [-0.25, -0.2) is 9.78 Å². The predicted octanol–water partition coefficient (Wildman–Crippen LogP) is 2.70. The lowest BCUT2D eigenvalue weighted by Crippen LogP contribution is -2.24. The minimum absolute atomic E-state index is 0.146. The number of H-pyrrole nitrogens is 1. The van der Waals surface area contributed by atoms with E-state index in [2.05, 4.69) is 30.2 Å². The third kappa shape index (κ3) is 4.19. The van der Waals surface area contributed by atoms with Gasteiger partial charge in [0.1, 0.15) is 5.52 Å². The van der Waals surface area contributed by atoms with Crippen LogP contribution in [-0.4, -0.2) is 44.9 Å². The number of hydrogen-bond acceptors (Lipinski definition) is 7. The van der Waals surface area contributed by atoms with Gasteiger partial charge < -0.3 is 15.0 Å². The number of carbonyl (C=O) groups is 2. The Morgan fingerprint density at radius 1 is 1.10 bits per heavy atom. The fourth-order valence-electron chi connectivity index (χ4n) is 2.83. The summed E-state index contributed by atoms with van der Waals surface area (Å²) >= 11 is 1.22. The largest absolute Gasteiger partial charge is 0.465 e. The number of nitrogens with one attached hydrogen (secondary N) is 2. The molecule has 0 atom stereocenters. The second-order valence-electron chi connectivity index (χ2n) is 6.22. The van der Waals surface area contributed by atoms with Crippen molar-refractivity contribution in [3.8, 4) is 0 Å². The maximum atomic E-state index is 12.1. The van der Waals surface area contributed by atoms with Gasteiger partial charge in [0.05, 0.1) is 18.4 Å². The van der Waals surface area contributed by atoms with Gasteiger partial charge in [-0.3, -0.25) is 4.79 Å². The highest BCUT2D eigenvalue weighted by Gasteiger charge is 2.11. The number of aromatic nitrogens is 4. The zero-order valence-corrected chi connectivity index (χ0v) is 16.3. The SMILES string of the molecule is COC(=O)c1ccc(CNC(=O)CSc2nnc3c(n2)[nH]c2ccccc23)cc1. The Balaban J connectivity index is 1.33. The molecule has 9 heteroatoms. The van der Waals surface area contributed by atoms with Crippen molar-refractivity contribution in [2.75, 3.05) is 12.9 Å².